The number of aliphatic hydroxyl groups excluding tert-OH is 1. The quantitative estimate of drug-likeness (QED) is 0.588. The lowest BCUT2D eigenvalue weighted by Crippen LogP contribution is -1.84. The molecule has 0 amide bonds. The first-order chi connectivity index (χ1) is 3.88. The van der Waals surface area contributed by atoms with Gasteiger partial charge in [-0.15, -0.1) is 0 Å². The van der Waals surface area contributed by atoms with Crippen LogP contribution in [0.3, 0.4) is 0 Å². The molecule has 1 saturated carbocycles. The molecule has 2 heteroatoms. The largest absolute Gasteiger partial charge is 0.396 e. The fourth-order valence-corrected chi connectivity index (χ4v) is 0.990. The zero-order valence-corrected chi connectivity index (χ0v) is 5.98. The molecule has 1 fully saturated rings. The van der Waals surface area contributed by atoms with Gasteiger partial charge in [-0.2, -0.15) is 0 Å². The summed E-state index contributed by atoms with van der Waals surface area (Å²) in [4.78, 5) is 2.65. The van der Waals surface area contributed by atoms with E-state index in [1.165, 1.54) is 0 Å². The molecular formula is C6H7BrO. The summed E-state index contributed by atoms with van der Waals surface area (Å²) in [6.45, 7) is 0.298. The molecule has 0 saturated heterocycles. The van der Waals surface area contributed by atoms with E-state index in [-0.39, 0.29) is 0 Å². The second kappa shape index (κ2) is 2.52. The van der Waals surface area contributed by atoms with Crippen molar-refractivity contribution in [1.29, 1.82) is 0 Å². The first-order valence-corrected chi connectivity index (χ1v) is 3.39. The van der Waals surface area contributed by atoms with Gasteiger partial charge in [0.1, 0.15) is 0 Å². The molecule has 0 radical (unpaired) electrons. The van der Waals surface area contributed by atoms with Gasteiger partial charge in [-0.05, 0) is 17.2 Å². The molecule has 44 valence electrons. The predicted octanol–water partition coefficient (Wildman–Crippen LogP) is 0.971. The van der Waals surface area contributed by atoms with Crippen molar-refractivity contribution in [3.05, 3.63) is 0 Å². The minimum absolute atomic E-state index is 0.298. The lowest BCUT2D eigenvalue weighted by molar-refractivity contribution is 0.273. The van der Waals surface area contributed by atoms with E-state index in [9.17, 15) is 0 Å². The average Bonchev–Trinajstić information content (AvgIpc) is 2.48. The summed E-state index contributed by atoms with van der Waals surface area (Å²) in [6.07, 6.45) is 1.08. The Morgan fingerprint density at radius 3 is 2.88 bits per heavy atom. The van der Waals surface area contributed by atoms with Gasteiger partial charge >= 0.3 is 0 Å². The number of rotatable bonds is 1. The summed E-state index contributed by atoms with van der Waals surface area (Å²) < 4.78 is 0. The molecule has 0 bridgehead atoms. The summed E-state index contributed by atoms with van der Waals surface area (Å²) in [7, 11) is 0. The third-order valence-corrected chi connectivity index (χ3v) is 1.63. The standard InChI is InChI=1S/C6H7BrO/c7-2-1-5-3-6(5)4-8/h5-6,8H,3-4H2. The summed E-state index contributed by atoms with van der Waals surface area (Å²) in [5, 5.41) is 8.52. The molecular weight excluding hydrogens is 168 g/mol. The smallest absolute Gasteiger partial charge is 0.0471 e. The Bertz CT molecular complexity index is 133. The fraction of sp³-hybridized carbons (Fsp3) is 0.667. The van der Waals surface area contributed by atoms with Crippen LogP contribution in [0.4, 0.5) is 0 Å². The first-order valence-electron chi connectivity index (χ1n) is 2.60. The van der Waals surface area contributed by atoms with Crippen LogP contribution in [0.5, 0.6) is 0 Å². The molecule has 1 rings (SSSR count). The van der Waals surface area contributed by atoms with E-state index in [4.69, 9.17) is 5.11 Å². The van der Waals surface area contributed by atoms with Crippen LogP contribution in [0.2, 0.25) is 0 Å². The molecule has 0 aromatic heterocycles. The van der Waals surface area contributed by atoms with Crippen molar-refractivity contribution in [1.82, 2.24) is 0 Å². The number of aliphatic hydroxyl groups is 1. The van der Waals surface area contributed by atoms with E-state index < -0.39 is 0 Å². The van der Waals surface area contributed by atoms with Gasteiger partial charge in [0.2, 0.25) is 0 Å². The second-order valence-electron chi connectivity index (χ2n) is 2.02. The zero-order chi connectivity index (χ0) is 5.98. The van der Waals surface area contributed by atoms with Crippen molar-refractivity contribution in [2.75, 3.05) is 6.61 Å². The normalized spacial score (nSPS) is 33.2. The molecule has 1 nitrogen and oxygen atoms in total. The van der Waals surface area contributed by atoms with Crippen molar-refractivity contribution >= 4 is 15.9 Å². The predicted molar refractivity (Wildman–Crippen MR) is 35.4 cm³/mol. The third-order valence-electron chi connectivity index (χ3n) is 1.40. The molecule has 1 N–H and O–H groups in total. The highest BCUT2D eigenvalue weighted by Gasteiger charge is 2.34. The molecule has 0 aromatic rings. The van der Waals surface area contributed by atoms with Gasteiger partial charge in [-0.1, -0.05) is 5.92 Å². The second-order valence-corrected chi connectivity index (χ2v) is 2.42. The highest BCUT2D eigenvalue weighted by molar-refractivity contribution is 9.12. The molecule has 2 unspecified atom stereocenters. The lowest BCUT2D eigenvalue weighted by atomic mass is 10.3. The van der Waals surface area contributed by atoms with Gasteiger partial charge in [0.15, 0.2) is 0 Å². The molecule has 2 atom stereocenters. The highest BCUT2D eigenvalue weighted by atomic mass is 79.9. The Hall–Kier alpha value is 0. The summed E-state index contributed by atoms with van der Waals surface area (Å²) in [5.41, 5.74) is 0. The Morgan fingerprint density at radius 1 is 1.75 bits per heavy atom. The third kappa shape index (κ3) is 1.24. The summed E-state index contributed by atoms with van der Waals surface area (Å²) in [6, 6.07) is 0. The van der Waals surface area contributed by atoms with E-state index in [1.54, 1.807) is 0 Å². The van der Waals surface area contributed by atoms with Crippen LogP contribution in [0.15, 0.2) is 0 Å². The van der Waals surface area contributed by atoms with E-state index in [1.807, 2.05) is 0 Å². The molecule has 0 aliphatic heterocycles. The molecule has 0 heterocycles. The van der Waals surface area contributed by atoms with Gasteiger partial charge in [-0.3, -0.25) is 0 Å². The topological polar surface area (TPSA) is 20.2 Å². The van der Waals surface area contributed by atoms with E-state index in [2.05, 4.69) is 26.7 Å². The maximum Gasteiger partial charge on any atom is 0.0471 e. The Balaban J connectivity index is 2.23. The van der Waals surface area contributed by atoms with Crippen molar-refractivity contribution < 1.29 is 5.11 Å². The van der Waals surface area contributed by atoms with Crippen LogP contribution in [-0.2, 0) is 0 Å². The molecule has 0 spiro atoms. The van der Waals surface area contributed by atoms with Gasteiger partial charge < -0.3 is 5.11 Å². The van der Waals surface area contributed by atoms with E-state index >= 15 is 0 Å². The zero-order valence-electron chi connectivity index (χ0n) is 4.39. The maximum atomic E-state index is 8.52. The van der Waals surface area contributed by atoms with Crippen LogP contribution >= 0.6 is 15.9 Å². The van der Waals surface area contributed by atoms with E-state index in [0.717, 1.165) is 6.42 Å². The molecule has 8 heavy (non-hydrogen) atoms. The Labute approximate surface area is 57.2 Å². The number of halogens is 1. The number of hydrogen-bond donors (Lipinski definition) is 1. The minimum atomic E-state index is 0.298. The van der Waals surface area contributed by atoms with Gasteiger partial charge in [0, 0.05) is 28.5 Å². The minimum Gasteiger partial charge on any atom is -0.396 e. The molecule has 0 aromatic carbocycles. The summed E-state index contributed by atoms with van der Waals surface area (Å²) >= 11 is 3.00. The van der Waals surface area contributed by atoms with Gasteiger partial charge in [-0.25, -0.2) is 0 Å². The lowest BCUT2D eigenvalue weighted by Gasteiger charge is -1.79. The number of hydrogen-bond acceptors (Lipinski definition) is 1. The fourth-order valence-electron chi connectivity index (χ4n) is 0.696. The van der Waals surface area contributed by atoms with E-state index in [0.29, 0.717) is 18.4 Å². The summed E-state index contributed by atoms with van der Waals surface area (Å²) in [5.74, 6) is 3.87. The van der Waals surface area contributed by atoms with Crippen molar-refractivity contribution in [2.45, 2.75) is 6.42 Å². The Kier molecular flexibility index (Phi) is 1.93. The molecule has 1 aliphatic carbocycles. The average molecular weight is 175 g/mol. The van der Waals surface area contributed by atoms with Crippen molar-refractivity contribution in [3.8, 4) is 10.8 Å². The molecule has 1 aliphatic rings. The van der Waals surface area contributed by atoms with Crippen molar-refractivity contribution in [2.24, 2.45) is 11.8 Å². The van der Waals surface area contributed by atoms with Crippen LogP contribution in [0, 0.1) is 22.6 Å². The monoisotopic (exact) mass is 174 g/mol. The Morgan fingerprint density at radius 2 is 2.50 bits per heavy atom. The first kappa shape index (κ1) is 6.12. The maximum absolute atomic E-state index is 8.52. The SMILES string of the molecule is OCC1CC1C#CBr. The highest BCUT2D eigenvalue weighted by Crippen LogP contribution is 2.36. The van der Waals surface area contributed by atoms with Gasteiger partial charge in [0.05, 0.1) is 0 Å². The van der Waals surface area contributed by atoms with Crippen LogP contribution in [0.1, 0.15) is 6.42 Å². The van der Waals surface area contributed by atoms with Crippen molar-refractivity contribution in [3.63, 3.8) is 0 Å². The van der Waals surface area contributed by atoms with Crippen LogP contribution in [0.25, 0.3) is 0 Å². The van der Waals surface area contributed by atoms with Crippen LogP contribution < -0.4 is 0 Å². The van der Waals surface area contributed by atoms with Crippen LogP contribution in [-0.4, -0.2) is 11.7 Å². The van der Waals surface area contributed by atoms with Gasteiger partial charge in [0.25, 0.3) is 0 Å².